The zero-order chi connectivity index (χ0) is 9.71. The average molecular weight is 191 g/mol. The second-order valence-electron chi connectivity index (χ2n) is 4.84. The topological polar surface area (TPSA) is 43.8 Å². The first-order valence-corrected chi connectivity index (χ1v) is 5.56. The number of nitrogens with zero attached hydrogens (tertiary/aromatic N) is 2. The first-order valence-electron chi connectivity index (χ1n) is 5.56. The lowest BCUT2D eigenvalue weighted by Crippen LogP contribution is -2.23. The zero-order valence-corrected chi connectivity index (χ0v) is 8.66. The fraction of sp³-hybridized carbons (Fsp3) is 0.727. The van der Waals surface area contributed by atoms with Crippen molar-refractivity contribution in [2.45, 2.75) is 45.2 Å². The molecule has 0 saturated heterocycles. The SMILES string of the molecule is CC1CCc2nc3n(c2C1)CC(N)C3. The molecule has 1 aliphatic carbocycles. The van der Waals surface area contributed by atoms with Crippen LogP contribution in [0.3, 0.4) is 0 Å². The summed E-state index contributed by atoms with van der Waals surface area (Å²) in [6.45, 7) is 3.32. The first kappa shape index (κ1) is 8.48. The Hall–Kier alpha value is -0.830. The van der Waals surface area contributed by atoms with Crippen LogP contribution in [-0.4, -0.2) is 15.6 Å². The molecule has 3 nitrogen and oxygen atoms in total. The highest BCUT2D eigenvalue weighted by atomic mass is 15.1. The number of nitrogens with two attached hydrogens (primary N) is 1. The number of imidazole rings is 1. The fourth-order valence-corrected chi connectivity index (χ4v) is 2.74. The van der Waals surface area contributed by atoms with E-state index >= 15 is 0 Å². The quantitative estimate of drug-likeness (QED) is 0.662. The predicted octanol–water partition coefficient (Wildman–Crippen LogP) is 0.891. The summed E-state index contributed by atoms with van der Waals surface area (Å²) in [5.41, 5.74) is 8.77. The minimum absolute atomic E-state index is 0.306. The number of hydrogen-bond donors (Lipinski definition) is 1. The number of fused-ring (bicyclic) bond motifs is 3. The van der Waals surface area contributed by atoms with Crippen LogP contribution in [0.5, 0.6) is 0 Å². The van der Waals surface area contributed by atoms with E-state index in [1.807, 2.05) is 0 Å². The highest BCUT2D eigenvalue weighted by Gasteiger charge is 2.28. The molecule has 0 spiro atoms. The highest BCUT2D eigenvalue weighted by Crippen LogP contribution is 2.28. The van der Waals surface area contributed by atoms with Crippen molar-refractivity contribution in [3.8, 4) is 0 Å². The molecule has 2 aliphatic rings. The van der Waals surface area contributed by atoms with Crippen molar-refractivity contribution in [1.82, 2.24) is 9.55 Å². The van der Waals surface area contributed by atoms with Crippen molar-refractivity contribution in [2.24, 2.45) is 11.7 Å². The van der Waals surface area contributed by atoms with Gasteiger partial charge in [0, 0.05) is 24.7 Å². The molecule has 0 bridgehead atoms. The van der Waals surface area contributed by atoms with Crippen molar-refractivity contribution >= 4 is 0 Å². The largest absolute Gasteiger partial charge is 0.330 e. The Morgan fingerprint density at radius 3 is 3.14 bits per heavy atom. The van der Waals surface area contributed by atoms with E-state index in [1.165, 1.54) is 36.5 Å². The predicted molar refractivity (Wildman–Crippen MR) is 55.1 cm³/mol. The van der Waals surface area contributed by atoms with Gasteiger partial charge in [-0.1, -0.05) is 6.92 Å². The van der Waals surface area contributed by atoms with Gasteiger partial charge in [-0.15, -0.1) is 0 Å². The lowest BCUT2D eigenvalue weighted by atomic mass is 9.91. The maximum Gasteiger partial charge on any atom is 0.110 e. The monoisotopic (exact) mass is 191 g/mol. The van der Waals surface area contributed by atoms with Gasteiger partial charge in [-0.25, -0.2) is 4.98 Å². The van der Waals surface area contributed by atoms with Gasteiger partial charge < -0.3 is 10.3 Å². The standard InChI is InChI=1S/C11H17N3/c1-7-2-3-9-10(4-7)14-6-8(12)5-11(14)13-9/h7-8H,2-6,12H2,1H3. The Balaban J connectivity index is 2.03. The number of rotatable bonds is 0. The van der Waals surface area contributed by atoms with E-state index in [0.29, 0.717) is 6.04 Å². The minimum Gasteiger partial charge on any atom is -0.330 e. The minimum atomic E-state index is 0.306. The van der Waals surface area contributed by atoms with Gasteiger partial charge in [0.15, 0.2) is 0 Å². The van der Waals surface area contributed by atoms with Crippen LogP contribution in [0.2, 0.25) is 0 Å². The molecule has 2 atom stereocenters. The Morgan fingerprint density at radius 1 is 1.43 bits per heavy atom. The number of aromatic nitrogens is 2. The van der Waals surface area contributed by atoms with Crippen molar-refractivity contribution in [1.29, 1.82) is 0 Å². The van der Waals surface area contributed by atoms with E-state index in [2.05, 4.69) is 11.5 Å². The third-order valence-electron chi connectivity index (χ3n) is 3.51. The van der Waals surface area contributed by atoms with Crippen LogP contribution in [0, 0.1) is 5.92 Å². The second-order valence-corrected chi connectivity index (χ2v) is 4.84. The molecule has 1 aromatic rings. The van der Waals surface area contributed by atoms with Gasteiger partial charge in [-0.05, 0) is 25.2 Å². The summed E-state index contributed by atoms with van der Waals surface area (Å²) in [5.74, 6) is 2.05. The number of hydrogen-bond acceptors (Lipinski definition) is 2. The Morgan fingerprint density at radius 2 is 2.29 bits per heavy atom. The molecular formula is C11H17N3. The lowest BCUT2D eigenvalue weighted by Gasteiger charge is -2.19. The smallest absolute Gasteiger partial charge is 0.110 e. The van der Waals surface area contributed by atoms with Crippen LogP contribution in [0.1, 0.15) is 30.6 Å². The van der Waals surface area contributed by atoms with E-state index in [4.69, 9.17) is 10.7 Å². The van der Waals surface area contributed by atoms with Gasteiger partial charge >= 0.3 is 0 Å². The van der Waals surface area contributed by atoms with Crippen molar-refractivity contribution in [3.63, 3.8) is 0 Å². The van der Waals surface area contributed by atoms with Crippen molar-refractivity contribution in [2.75, 3.05) is 0 Å². The average Bonchev–Trinajstić information content (AvgIpc) is 2.62. The van der Waals surface area contributed by atoms with Crippen LogP contribution in [0.25, 0.3) is 0 Å². The van der Waals surface area contributed by atoms with E-state index in [9.17, 15) is 0 Å². The molecule has 3 rings (SSSR count). The third-order valence-corrected chi connectivity index (χ3v) is 3.51. The number of aryl methyl sites for hydroxylation is 1. The summed E-state index contributed by atoms with van der Waals surface area (Å²) in [6, 6.07) is 0.306. The van der Waals surface area contributed by atoms with Gasteiger partial charge in [0.05, 0.1) is 5.69 Å². The lowest BCUT2D eigenvalue weighted by molar-refractivity contribution is 0.472. The first-order chi connectivity index (χ1) is 6.74. The molecule has 1 aromatic heterocycles. The Kier molecular flexibility index (Phi) is 1.71. The van der Waals surface area contributed by atoms with Crippen molar-refractivity contribution < 1.29 is 0 Å². The molecule has 0 radical (unpaired) electrons. The summed E-state index contributed by atoms with van der Waals surface area (Å²) in [4.78, 5) is 4.70. The van der Waals surface area contributed by atoms with Crippen LogP contribution in [0.4, 0.5) is 0 Å². The molecule has 0 saturated carbocycles. The van der Waals surface area contributed by atoms with E-state index in [0.717, 1.165) is 18.9 Å². The summed E-state index contributed by atoms with van der Waals surface area (Å²) in [6.07, 6.45) is 4.65. The molecule has 2 unspecified atom stereocenters. The van der Waals surface area contributed by atoms with Gasteiger partial charge in [0.2, 0.25) is 0 Å². The van der Waals surface area contributed by atoms with E-state index in [-0.39, 0.29) is 0 Å². The fourth-order valence-electron chi connectivity index (χ4n) is 2.74. The molecule has 76 valence electrons. The van der Waals surface area contributed by atoms with Crippen molar-refractivity contribution in [3.05, 3.63) is 17.2 Å². The molecular weight excluding hydrogens is 174 g/mol. The molecule has 3 heteroatoms. The molecule has 1 aliphatic heterocycles. The van der Waals surface area contributed by atoms with E-state index in [1.54, 1.807) is 0 Å². The summed E-state index contributed by atoms with van der Waals surface area (Å²) in [7, 11) is 0. The molecule has 2 N–H and O–H groups in total. The van der Waals surface area contributed by atoms with Crippen LogP contribution in [0.15, 0.2) is 0 Å². The maximum atomic E-state index is 5.94. The van der Waals surface area contributed by atoms with Crippen LogP contribution >= 0.6 is 0 Å². The Bertz CT molecular complexity index is 367. The molecule has 0 amide bonds. The Labute approximate surface area is 84.3 Å². The van der Waals surface area contributed by atoms with Gasteiger partial charge in [-0.2, -0.15) is 0 Å². The molecule has 0 aromatic carbocycles. The zero-order valence-electron chi connectivity index (χ0n) is 8.66. The van der Waals surface area contributed by atoms with E-state index < -0.39 is 0 Å². The molecule has 0 fully saturated rings. The summed E-state index contributed by atoms with van der Waals surface area (Å²) < 4.78 is 2.37. The van der Waals surface area contributed by atoms with Gasteiger partial charge in [0.25, 0.3) is 0 Å². The van der Waals surface area contributed by atoms with Gasteiger partial charge in [-0.3, -0.25) is 0 Å². The third kappa shape index (κ3) is 1.12. The second kappa shape index (κ2) is 2.83. The van der Waals surface area contributed by atoms with Crippen LogP contribution in [-0.2, 0) is 25.8 Å². The maximum absolute atomic E-state index is 5.94. The summed E-state index contributed by atoms with van der Waals surface area (Å²) >= 11 is 0. The molecule has 14 heavy (non-hydrogen) atoms. The normalized spacial score (nSPS) is 30.1. The molecule has 2 heterocycles. The van der Waals surface area contributed by atoms with Gasteiger partial charge in [0.1, 0.15) is 5.82 Å². The highest BCUT2D eigenvalue weighted by molar-refractivity contribution is 5.23. The summed E-state index contributed by atoms with van der Waals surface area (Å²) in [5, 5.41) is 0. The van der Waals surface area contributed by atoms with Crippen LogP contribution < -0.4 is 5.73 Å².